The van der Waals surface area contributed by atoms with Gasteiger partial charge in [0.1, 0.15) is 0 Å². The fourth-order valence-corrected chi connectivity index (χ4v) is 3.59. The van der Waals surface area contributed by atoms with E-state index < -0.39 is 0 Å². The minimum absolute atomic E-state index is 0.199. The molecule has 0 saturated heterocycles. The Morgan fingerprint density at radius 1 is 0.840 bits per heavy atom. The lowest BCUT2D eigenvalue weighted by atomic mass is 9.79. The second kappa shape index (κ2) is 13.2. The van der Waals surface area contributed by atoms with Crippen molar-refractivity contribution in [3.8, 4) is 0 Å². The maximum absolute atomic E-state index is 12.3. The number of hydrogen-bond acceptors (Lipinski definition) is 4. The van der Waals surface area contributed by atoms with Gasteiger partial charge in [0.15, 0.2) is 0 Å². The van der Waals surface area contributed by atoms with Gasteiger partial charge in [-0.25, -0.2) is 0 Å². The van der Waals surface area contributed by atoms with E-state index in [-0.39, 0.29) is 23.8 Å². The topological polar surface area (TPSA) is 52.6 Å². The van der Waals surface area contributed by atoms with Crippen LogP contribution in [-0.2, 0) is 19.1 Å². The molecule has 0 aromatic rings. The second-order valence-electron chi connectivity index (χ2n) is 7.72. The highest BCUT2D eigenvalue weighted by molar-refractivity contribution is 5.82. The molecule has 4 nitrogen and oxygen atoms in total. The Hall–Kier alpha value is -1.06. The van der Waals surface area contributed by atoms with E-state index in [4.69, 9.17) is 9.47 Å². The van der Waals surface area contributed by atoms with Crippen LogP contribution >= 0.6 is 0 Å². The largest absolute Gasteiger partial charge is 0.466 e. The van der Waals surface area contributed by atoms with Crippen LogP contribution in [0.3, 0.4) is 0 Å². The molecule has 1 rings (SSSR count). The first-order valence-corrected chi connectivity index (χ1v) is 10.4. The van der Waals surface area contributed by atoms with E-state index in [1.54, 1.807) is 6.92 Å². The van der Waals surface area contributed by atoms with Gasteiger partial charge < -0.3 is 9.47 Å². The third-order valence-electron chi connectivity index (χ3n) is 5.08. The van der Waals surface area contributed by atoms with Crippen molar-refractivity contribution in [2.24, 2.45) is 17.8 Å². The lowest BCUT2D eigenvalue weighted by molar-refractivity contribution is -0.162. The van der Waals surface area contributed by atoms with Crippen molar-refractivity contribution < 1.29 is 19.1 Å². The maximum Gasteiger partial charge on any atom is 0.309 e. The summed E-state index contributed by atoms with van der Waals surface area (Å²) in [5, 5.41) is 0. The Balaban J connectivity index is 2.14. The molecule has 0 aromatic carbocycles. The number of ether oxygens (including phenoxy) is 2. The highest BCUT2D eigenvalue weighted by Gasteiger charge is 2.37. The molecule has 1 aliphatic carbocycles. The number of carbonyl (C=O) groups excluding carboxylic acids is 2. The van der Waals surface area contributed by atoms with Crippen molar-refractivity contribution in [2.45, 2.75) is 91.4 Å². The lowest BCUT2D eigenvalue weighted by Crippen LogP contribution is -2.35. The van der Waals surface area contributed by atoms with Crippen LogP contribution in [0.5, 0.6) is 0 Å². The van der Waals surface area contributed by atoms with Gasteiger partial charge in [0.25, 0.3) is 0 Å². The highest BCUT2D eigenvalue weighted by atomic mass is 16.5. The van der Waals surface area contributed by atoms with Gasteiger partial charge in [-0.2, -0.15) is 0 Å². The molecule has 146 valence electrons. The molecule has 0 spiro atoms. The van der Waals surface area contributed by atoms with E-state index in [1.165, 1.54) is 32.1 Å². The summed E-state index contributed by atoms with van der Waals surface area (Å²) in [4.78, 5) is 24.4. The first kappa shape index (κ1) is 22.0. The summed E-state index contributed by atoms with van der Waals surface area (Å²) in [5.41, 5.74) is 0. The number of unbranched alkanes of at least 4 members (excludes halogenated alkanes) is 5. The lowest BCUT2D eigenvalue weighted by Gasteiger charge is -2.28. The summed E-state index contributed by atoms with van der Waals surface area (Å²) in [6, 6.07) is 0. The second-order valence-corrected chi connectivity index (χ2v) is 7.72. The molecule has 0 aromatic heterocycles. The van der Waals surface area contributed by atoms with Crippen molar-refractivity contribution in [3.63, 3.8) is 0 Å². The Morgan fingerprint density at radius 3 is 1.92 bits per heavy atom. The normalized spacial score (nSPS) is 20.5. The quantitative estimate of drug-likeness (QED) is 0.353. The number of rotatable bonds is 12. The predicted octanol–water partition coefficient (Wildman–Crippen LogP) is 5.29. The van der Waals surface area contributed by atoms with Gasteiger partial charge in [0.2, 0.25) is 0 Å². The molecule has 25 heavy (non-hydrogen) atoms. The van der Waals surface area contributed by atoms with Gasteiger partial charge in [-0.1, -0.05) is 65.2 Å². The fourth-order valence-electron chi connectivity index (χ4n) is 3.59. The first-order chi connectivity index (χ1) is 12.1. The summed E-state index contributed by atoms with van der Waals surface area (Å²) in [5.74, 6) is -0.233. The number of esters is 2. The summed E-state index contributed by atoms with van der Waals surface area (Å²) >= 11 is 0. The van der Waals surface area contributed by atoms with Crippen LogP contribution < -0.4 is 0 Å². The van der Waals surface area contributed by atoms with E-state index in [0.717, 1.165) is 44.4 Å². The van der Waals surface area contributed by atoms with Gasteiger partial charge in [-0.15, -0.1) is 0 Å². The van der Waals surface area contributed by atoms with Crippen LogP contribution in [0, 0.1) is 17.8 Å². The highest BCUT2D eigenvalue weighted by Crippen LogP contribution is 2.32. The fraction of sp³-hybridized carbons (Fsp3) is 0.905. The molecule has 1 saturated carbocycles. The standard InChI is InChI=1S/C21H38O4/c1-4-24-20(22)18-14-10-11-15-19(18)21(23)25-16-12-8-6-5-7-9-13-17(2)3/h17-19H,4-16H2,1-3H3. The van der Waals surface area contributed by atoms with Crippen molar-refractivity contribution in [2.75, 3.05) is 13.2 Å². The Morgan fingerprint density at radius 2 is 1.36 bits per heavy atom. The smallest absolute Gasteiger partial charge is 0.309 e. The van der Waals surface area contributed by atoms with Crippen LogP contribution in [0.15, 0.2) is 0 Å². The van der Waals surface area contributed by atoms with Gasteiger partial charge in [-0.05, 0) is 32.1 Å². The van der Waals surface area contributed by atoms with Gasteiger partial charge in [0, 0.05) is 0 Å². The van der Waals surface area contributed by atoms with Crippen LogP contribution in [0.2, 0.25) is 0 Å². The van der Waals surface area contributed by atoms with Crippen molar-refractivity contribution in [1.82, 2.24) is 0 Å². The van der Waals surface area contributed by atoms with Gasteiger partial charge >= 0.3 is 11.9 Å². The van der Waals surface area contributed by atoms with Gasteiger partial charge in [-0.3, -0.25) is 9.59 Å². The van der Waals surface area contributed by atoms with E-state index in [0.29, 0.717) is 13.2 Å². The zero-order chi connectivity index (χ0) is 18.5. The maximum atomic E-state index is 12.3. The SMILES string of the molecule is CCOC(=O)C1CCCCC1C(=O)OCCCCCCCCC(C)C. The first-order valence-electron chi connectivity index (χ1n) is 10.4. The molecule has 2 atom stereocenters. The Bertz CT molecular complexity index is 378. The van der Waals surface area contributed by atoms with E-state index in [9.17, 15) is 9.59 Å². The summed E-state index contributed by atoms with van der Waals surface area (Å²) in [6.45, 7) is 7.20. The monoisotopic (exact) mass is 354 g/mol. The minimum Gasteiger partial charge on any atom is -0.466 e. The zero-order valence-electron chi connectivity index (χ0n) is 16.6. The van der Waals surface area contributed by atoms with E-state index >= 15 is 0 Å². The van der Waals surface area contributed by atoms with Crippen molar-refractivity contribution in [1.29, 1.82) is 0 Å². The molecule has 0 radical (unpaired) electrons. The molecule has 1 aliphatic rings. The summed E-state index contributed by atoms with van der Waals surface area (Å²) in [6.07, 6.45) is 11.9. The third kappa shape index (κ3) is 9.27. The molecule has 0 aliphatic heterocycles. The van der Waals surface area contributed by atoms with Crippen LogP contribution in [0.25, 0.3) is 0 Å². The van der Waals surface area contributed by atoms with Gasteiger partial charge in [0.05, 0.1) is 25.0 Å². The average Bonchev–Trinajstić information content (AvgIpc) is 2.60. The molecule has 0 amide bonds. The van der Waals surface area contributed by atoms with Crippen LogP contribution in [0.4, 0.5) is 0 Å². The van der Waals surface area contributed by atoms with Crippen LogP contribution in [-0.4, -0.2) is 25.2 Å². The van der Waals surface area contributed by atoms with Crippen molar-refractivity contribution >= 4 is 11.9 Å². The molecular weight excluding hydrogens is 316 g/mol. The minimum atomic E-state index is -0.304. The number of carbonyl (C=O) groups is 2. The third-order valence-corrected chi connectivity index (χ3v) is 5.08. The Labute approximate surface area is 154 Å². The molecule has 0 bridgehead atoms. The van der Waals surface area contributed by atoms with Crippen LogP contribution in [0.1, 0.15) is 91.4 Å². The zero-order valence-corrected chi connectivity index (χ0v) is 16.6. The van der Waals surface area contributed by atoms with E-state index in [1.807, 2.05) is 0 Å². The summed E-state index contributed by atoms with van der Waals surface area (Å²) < 4.78 is 10.6. The molecular formula is C21H38O4. The van der Waals surface area contributed by atoms with E-state index in [2.05, 4.69) is 13.8 Å². The molecule has 2 unspecified atom stereocenters. The Kier molecular flexibility index (Phi) is 11.6. The molecule has 0 heterocycles. The molecule has 0 N–H and O–H groups in total. The molecule has 4 heteroatoms. The number of hydrogen-bond donors (Lipinski definition) is 0. The molecule has 1 fully saturated rings. The predicted molar refractivity (Wildman–Crippen MR) is 100 cm³/mol. The summed E-state index contributed by atoms with van der Waals surface area (Å²) in [7, 11) is 0. The average molecular weight is 355 g/mol. The van der Waals surface area contributed by atoms with Crippen molar-refractivity contribution in [3.05, 3.63) is 0 Å².